The molecule has 1 rings (SSSR count). The fourth-order valence-corrected chi connectivity index (χ4v) is 1.69. The molecule has 76 valence electrons. The molecule has 0 amide bonds. The quantitative estimate of drug-likeness (QED) is 0.649. The van der Waals surface area contributed by atoms with Crippen LogP contribution in [0.2, 0.25) is 0 Å². The second-order valence-electron chi connectivity index (χ2n) is 4.58. The molecule has 0 aliphatic heterocycles. The molecule has 0 aromatic heterocycles. The predicted octanol–water partition coefficient (Wildman–Crippen LogP) is 1.56. The number of aryl methyl sites for hydroxylation is 1. The van der Waals surface area contributed by atoms with Gasteiger partial charge in [0.05, 0.1) is 0 Å². The van der Waals surface area contributed by atoms with E-state index in [1.165, 1.54) is 11.0 Å². The van der Waals surface area contributed by atoms with E-state index in [0.717, 1.165) is 19.9 Å². The molecule has 1 aromatic carbocycles. The molecule has 0 aliphatic carbocycles. The van der Waals surface area contributed by atoms with Crippen molar-refractivity contribution in [1.29, 1.82) is 0 Å². The van der Waals surface area contributed by atoms with Gasteiger partial charge in [-0.1, -0.05) is 49.1 Å². The predicted molar refractivity (Wildman–Crippen MR) is 65.4 cm³/mol. The van der Waals surface area contributed by atoms with Crippen molar-refractivity contribution in [2.75, 3.05) is 13.6 Å². The third-order valence-electron chi connectivity index (χ3n) is 2.25. The van der Waals surface area contributed by atoms with Crippen molar-refractivity contribution in [2.45, 2.75) is 20.8 Å². The SMILES string of the molecule is Cc1ccc(BN(C)CC(C)C)cc1. The van der Waals surface area contributed by atoms with Crippen molar-refractivity contribution in [3.05, 3.63) is 29.8 Å². The lowest BCUT2D eigenvalue weighted by Gasteiger charge is -2.17. The van der Waals surface area contributed by atoms with Gasteiger partial charge in [0.2, 0.25) is 7.41 Å². The van der Waals surface area contributed by atoms with Gasteiger partial charge in [0.15, 0.2) is 0 Å². The molecule has 14 heavy (non-hydrogen) atoms. The molecular formula is C12H20BN. The van der Waals surface area contributed by atoms with Crippen LogP contribution in [0.15, 0.2) is 24.3 Å². The first-order chi connectivity index (χ1) is 6.58. The summed E-state index contributed by atoms with van der Waals surface area (Å²) >= 11 is 0. The molecule has 0 N–H and O–H groups in total. The monoisotopic (exact) mass is 189 g/mol. The molecule has 0 heterocycles. The van der Waals surface area contributed by atoms with E-state index in [0.29, 0.717) is 0 Å². The van der Waals surface area contributed by atoms with Crippen LogP contribution in [-0.4, -0.2) is 25.8 Å². The molecule has 0 aliphatic rings. The third-order valence-corrected chi connectivity index (χ3v) is 2.25. The lowest BCUT2D eigenvalue weighted by molar-refractivity contribution is 0.448. The van der Waals surface area contributed by atoms with E-state index < -0.39 is 0 Å². The van der Waals surface area contributed by atoms with Gasteiger partial charge in [-0.3, -0.25) is 0 Å². The number of hydrogen-bond acceptors (Lipinski definition) is 1. The fraction of sp³-hybridized carbons (Fsp3) is 0.500. The summed E-state index contributed by atoms with van der Waals surface area (Å²) in [6, 6.07) is 8.79. The largest absolute Gasteiger partial charge is 0.343 e. The Balaban J connectivity index is 2.47. The fourth-order valence-electron chi connectivity index (χ4n) is 1.69. The number of rotatable bonds is 4. The van der Waals surface area contributed by atoms with E-state index in [9.17, 15) is 0 Å². The van der Waals surface area contributed by atoms with Crippen LogP contribution in [0.4, 0.5) is 0 Å². The van der Waals surface area contributed by atoms with Crippen LogP contribution in [0.5, 0.6) is 0 Å². The standard InChI is InChI=1S/C12H20BN/c1-10(2)9-14(4)13-12-7-5-11(3)6-8-12/h5-8,10,13H,9H2,1-4H3. The second kappa shape index (κ2) is 5.21. The molecule has 1 nitrogen and oxygen atoms in total. The molecule has 1 aromatic rings. The molecule has 0 saturated heterocycles. The lowest BCUT2D eigenvalue weighted by Crippen LogP contribution is -2.35. The number of nitrogens with zero attached hydrogens (tertiary/aromatic N) is 1. The average molecular weight is 189 g/mol. The van der Waals surface area contributed by atoms with E-state index in [1.54, 1.807) is 0 Å². The van der Waals surface area contributed by atoms with Crippen molar-refractivity contribution in [2.24, 2.45) is 5.92 Å². The summed E-state index contributed by atoms with van der Waals surface area (Å²) in [4.78, 5) is 2.37. The van der Waals surface area contributed by atoms with Crippen LogP contribution in [0.25, 0.3) is 0 Å². The Hall–Kier alpha value is -0.755. The van der Waals surface area contributed by atoms with Gasteiger partial charge < -0.3 is 4.81 Å². The Morgan fingerprint density at radius 2 is 1.79 bits per heavy atom. The van der Waals surface area contributed by atoms with E-state index in [4.69, 9.17) is 0 Å². The Bertz CT molecular complexity index is 266. The van der Waals surface area contributed by atoms with Crippen molar-refractivity contribution in [1.82, 2.24) is 4.81 Å². The highest BCUT2D eigenvalue weighted by Gasteiger charge is 2.04. The maximum atomic E-state index is 2.37. The minimum atomic E-state index is 0.741. The molecule has 0 saturated carbocycles. The summed E-state index contributed by atoms with van der Waals surface area (Å²) in [6.07, 6.45) is 0. The highest BCUT2D eigenvalue weighted by Crippen LogP contribution is 1.96. The van der Waals surface area contributed by atoms with Gasteiger partial charge in [0, 0.05) is 0 Å². The zero-order valence-corrected chi connectivity index (χ0v) is 9.75. The van der Waals surface area contributed by atoms with Crippen LogP contribution in [0, 0.1) is 12.8 Å². The smallest absolute Gasteiger partial charge is 0.238 e. The second-order valence-corrected chi connectivity index (χ2v) is 4.58. The lowest BCUT2D eigenvalue weighted by atomic mass is 9.80. The maximum absolute atomic E-state index is 2.37. The Morgan fingerprint density at radius 1 is 1.21 bits per heavy atom. The first-order valence-electron chi connectivity index (χ1n) is 5.32. The van der Waals surface area contributed by atoms with Gasteiger partial charge in [-0.2, -0.15) is 0 Å². The van der Waals surface area contributed by atoms with E-state index in [2.05, 4.69) is 56.9 Å². The third kappa shape index (κ3) is 3.97. The van der Waals surface area contributed by atoms with Crippen LogP contribution in [0.1, 0.15) is 19.4 Å². The zero-order valence-electron chi connectivity index (χ0n) is 9.75. The van der Waals surface area contributed by atoms with Gasteiger partial charge in [-0.05, 0) is 26.4 Å². The Kier molecular flexibility index (Phi) is 4.21. The van der Waals surface area contributed by atoms with Gasteiger partial charge in [0.1, 0.15) is 0 Å². The van der Waals surface area contributed by atoms with E-state index >= 15 is 0 Å². The van der Waals surface area contributed by atoms with Gasteiger partial charge >= 0.3 is 0 Å². The minimum Gasteiger partial charge on any atom is -0.343 e. The average Bonchev–Trinajstić information content (AvgIpc) is 2.07. The first kappa shape index (κ1) is 11.3. The summed E-state index contributed by atoms with van der Waals surface area (Å²) in [5.41, 5.74) is 2.74. The summed E-state index contributed by atoms with van der Waals surface area (Å²) in [6.45, 7) is 7.80. The van der Waals surface area contributed by atoms with Crippen LogP contribution in [0.3, 0.4) is 0 Å². The van der Waals surface area contributed by atoms with Crippen molar-refractivity contribution < 1.29 is 0 Å². The topological polar surface area (TPSA) is 3.24 Å². The molecule has 0 atom stereocenters. The molecular weight excluding hydrogens is 169 g/mol. The molecule has 0 radical (unpaired) electrons. The summed E-state index contributed by atoms with van der Waals surface area (Å²) in [5.74, 6) is 0.741. The molecule has 0 spiro atoms. The normalized spacial score (nSPS) is 11.0. The zero-order chi connectivity index (χ0) is 10.6. The van der Waals surface area contributed by atoms with E-state index in [-0.39, 0.29) is 0 Å². The molecule has 0 fully saturated rings. The molecule has 0 bridgehead atoms. The van der Waals surface area contributed by atoms with Gasteiger partial charge in [-0.15, -0.1) is 0 Å². The van der Waals surface area contributed by atoms with Crippen LogP contribution < -0.4 is 5.46 Å². The molecule has 2 heteroatoms. The highest BCUT2D eigenvalue weighted by atomic mass is 15.0. The van der Waals surface area contributed by atoms with Crippen LogP contribution in [-0.2, 0) is 0 Å². The summed E-state index contributed by atoms with van der Waals surface area (Å²) in [7, 11) is 3.23. The Labute approximate surface area is 88.4 Å². The Morgan fingerprint density at radius 3 is 2.29 bits per heavy atom. The maximum Gasteiger partial charge on any atom is 0.238 e. The number of hydrogen-bond donors (Lipinski definition) is 0. The molecule has 0 unspecified atom stereocenters. The first-order valence-corrected chi connectivity index (χ1v) is 5.32. The number of benzene rings is 1. The van der Waals surface area contributed by atoms with Crippen LogP contribution >= 0.6 is 0 Å². The van der Waals surface area contributed by atoms with Crippen molar-refractivity contribution >= 4 is 12.9 Å². The van der Waals surface area contributed by atoms with Crippen molar-refractivity contribution in [3.63, 3.8) is 0 Å². The summed E-state index contributed by atoms with van der Waals surface area (Å²) in [5, 5.41) is 0. The highest BCUT2D eigenvalue weighted by molar-refractivity contribution is 6.50. The minimum absolute atomic E-state index is 0.741. The van der Waals surface area contributed by atoms with E-state index in [1.807, 2.05) is 0 Å². The van der Waals surface area contributed by atoms with Gasteiger partial charge in [-0.25, -0.2) is 0 Å². The van der Waals surface area contributed by atoms with Crippen molar-refractivity contribution in [3.8, 4) is 0 Å². The van der Waals surface area contributed by atoms with Gasteiger partial charge in [0.25, 0.3) is 0 Å². The summed E-state index contributed by atoms with van der Waals surface area (Å²) < 4.78 is 0.